The van der Waals surface area contributed by atoms with Crippen molar-refractivity contribution in [3.8, 4) is 0 Å². The molecule has 0 saturated carbocycles. The fraction of sp³-hybridized carbons (Fsp3) is 1.00. The first-order valence-electron chi connectivity index (χ1n) is 6.54. The van der Waals surface area contributed by atoms with E-state index in [-0.39, 0.29) is 0 Å². The molecule has 104 valence electrons. The Kier molecular flexibility index (Phi) is 10.9. The summed E-state index contributed by atoms with van der Waals surface area (Å²) in [6, 6.07) is 0.441. The van der Waals surface area contributed by atoms with Crippen molar-refractivity contribution >= 4 is 0 Å². The molecule has 0 aromatic carbocycles. The molecule has 0 aromatic heterocycles. The van der Waals surface area contributed by atoms with Crippen LogP contribution in [0, 0.1) is 5.92 Å². The van der Waals surface area contributed by atoms with Gasteiger partial charge < -0.3 is 14.8 Å². The van der Waals surface area contributed by atoms with Gasteiger partial charge in [0, 0.05) is 39.9 Å². The monoisotopic (exact) mass is 246 g/mol. The van der Waals surface area contributed by atoms with Gasteiger partial charge in [0.25, 0.3) is 0 Å². The first-order valence-corrected chi connectivity index (χ1v) is 6.54. The molecule has 17 heavy (non-hydrogen) atoms. The molecular weight excluding hydrogens is 216 g/mol. The van der Waals surface area contributed by atoms with Crippen LogP contribution in [0.15, 0.2) is 0 Å². The number of hydrogen-bond donors (Lipinski definition) is 1. The molecule has 0 aromatic rings. The molecule has 1 unspecified atom stereocenters. The van der Waals surface area contributed by atoms with Crippen molar-refractivity contribution in [3.05, 3.63) is 0 Å². The molecule has 0 fully saturated rings. The quantitative estimate of drug-likeness (QED) is 0.556. The zero-order chi connectivity index (χ0) is 13.1. The molecule has 0 aliphatic carbocycles. The highest BCUT2D eigenvalue weighted by Gasteiger charge is 2.12. The highest BCUT2D eigenvalue weighted by Crippen LogP contribution is 1.99. The van der Waals surface area contributed by atoms with Crippen LogP contribution in [-0.4, -0.2) is 64.6 Å². The first kappa shape index (κ1) is 16.8. The van der Waals surface area contributed by atoms with Gasteiger partial charge in [-0.2, -0.15) is 0 Å². The smallest absolute Gasteiger partial charge is 0.0615 e. The van der Waals surface area contributed by atoms with Gasteiger partial charge in [-0.25, -0.2) is 0 Å². The van der Waals surface area contributed by atoms with Crippen molar-refractivity contribution in [2.45, 2.75) is 26.8 Å². The van der Waals surface area contributed by atoms with E-state index in [1.165, 1.54) is 0 Å². The van der Waals surface area contributed by atoms with Gasteiger partial charge in [-0.15, -0.1) is 0 Å². The third kappa shape index (κ3) is 9.53. The fourth-order valence-corrected chi connectivity index (χ4v) is 1.72. The number of methoxy groups -OCH3 is 2. The van der Waals surface area contributed by atoms with Crippen LogP contribution in [0.4, 0.5) is 0 Å². The Labute approximate surface area is 107 Å². The summed E-state index contributed by atoms with van der Waals surface area (Å²) < 4.78 is 10.3. The molecule has 1 atom stereocenters. The summed E-state index contributed by atoms with van der Waals surface area (Å²) in [5, 5.41) is 3.47. The third-order valence-electron chi connectivity index (χ3n) is 2.74. The lowest BCUT2D eigenvalue weighted by Gasteiger charge is -2.28. The molecule has 0 heterocycles. The molecule has 0 bridgehead atoms. The predicted octanol–water partition coefficient (Wildman–Crippen LogP) is 1.22. The second kappa shape index (κ2) is 11.0. The van der Waals surface area contributed by atoms with Gasteiger partial charge in [-0.1, -0.05) is 13.8 Å². The minimum atomic E-state index is 0.441. The second-order valence-electron chi connectivity index (χ2n) is 4.93. The Morgan fingerprint density at radius 1 is 1.06 bits per heavy atom. The number of nitrogens with one attached hydrogen (secondary N) is 1. The summed E-state index contributed by atoms with van der Waals surface area (Å²) >= 11 is 0. The van der Waals surface area contributed by atoms with E-state index in [9.17, 15) is 0 Å². The Morgan fingerprint density at radius 2 is 1.76 bits per heavy atom. The van der Waals surface area contributed by atoms with E-state index in [0.717, 1.165) is 39.4 Å². The van der Waals surface area contributed by atoms with E-state index in [1.54, 1.807) is 14.2 Å². The van der Waals surface area contributed by atoms with Crippen molar-refractivity contribution in [1.29, 1.82) is 0 Å². The lowest BCUT2D eigenvalue weighted by Crippen LogP contribution is -2.42. The molecule has 0 amide bonds. The average molecular weight is 246 g/mol. The first-order chi connectivity index (χ1) is 8.11. The van der Waals surface area contributed by atoms with Crippen LogP contribution in [0.1, 0.15) is 20.8 Å². The second-order valence-corrected chi connectivity index (χ2v) is 4.93. The molecule has 0 radical (unpaired) electrons. The number of rotatable bonds is 11. The van der Waals surface area contributed by atoms with Gasteiger partial charge in [-0.3, -0.25) is 4.90 Å². The van der Waals surface area contributed by atoms with E-state index < -0.39 is 0 Å². The van der Waals surface area contributed by atoms with Crippen LogP contribution >= 0.6 is 0 Å². The van der Waals surface area contributed by atoms with Crippen molar-refractivity contribution in [2.75, 3.05) is 53.6 Å². The zero-order valence-electron chi connectivity index (χ0n) is 12.2. The molecule has 0 aliphatic heterocycles. The van der Waals surface area contributed by atoms with Gasteiger partial charge in [-0.05, 0) is 19.4 Å². The molecule has 1 N–H and O–H groups in total. The molecule has 0 spiro atoms. The SMILES string of the molecule is COCCN(CCNCC(C)C)C(C)COC. The van der Waals surface area contributed by atoms with E-state index >= 15 is 0 Å². The van der Waals surface area contributed by atoms with Crippen LogP contribution in [0.25, 0.3) is 0 Å². The molecule has 4 nitrogen and oxygen atoms in total. The van der Waals surface area contributed by atoms with Crippen LogP contribution in [0.5, 0.6) is 0 Å². The van der Waals surface area contributed by atoms with Crippen molar-refractivity contribution in [3.63, 3.8) is 0 Å². The lowest BCUT2D eigenvalue weighted by atomic mass is 10.2. The normalized spacial score (nSPS) is 13.6. The Bertz CT molecular complexity index is 165. The number of ether oxygens (including phenoxy) is 2. The lowest BCUT2D eigenvalue weighted by molar-refractivity contribution is 0.0756. The van der Waals surface area contributed by atoms with Crippen molar-refractivity contribution < 1.29 is 9.47 Å². The molecular formula is C13H30N2O2. The van der Waals surface area contributed by atoms with Crippen molar-refractivity contribution in [1.82, 2.24) is 10.2 Å². The standard InChI is InChI=1S/C13H30N2O2/c1-12(2)10-14-6-7-15(8-9-16-4)13(3)11-17-5/h12-14H,6-11H2,1-5H3. The Hall–Kier alpha value is -0.160. The molecule has 4 heteroatoms. The topological polar surface area (TPSA) is 33.7 Å². The zero-order valence-corrected chi connectivity index (χ0v) is 12.2. The minimum Gasteiger partial charge on any atom is -0.383 e. The van der Waals surface area contributed by atoms with Gasteiger partial charge in [0.1, 0.15) is 0 Å². The van der Waals surface area contributed by atoms with E-state index in [1.807, 2.05) is 0 Å². The maximum atomic E-state index is 5.21. The van der Waals surface area contributed by atoms with E-state index in [4.69, 9.17) is 9.47 Å². The minimum absolute atomic E-state index is 0.441. The maximum absolute atomic E-state index is 5.21. The van der Waals surface area contributed by atoms with Crippen LogP contribution < -0.4 is 5.32 Å². The van der Waals surface area contributed by atoms with Gasteiger partial charge in [0.05, 0.1) is 13.2 Å². The number of nitrogens with zero attached hydrogens (tertiary/aromatic N) is 1. The Balaban J connectivity index is 3.83. The summed E-state index contributed by atoms with van der Waals surface area (Å²) in [5.41, 5.74) is 0. The molecule has 0 aliphatic rings. The van der Waals surface area contributed by atoms with Crippen molar-refractivity contribution in [2.24, 2.45) is 5.92 Å². The third-order valence-corrected chi connectivity index (χ3v) is 2.74. The largest absolute Gasteiger partial charge is 0.383 e. The summed E-state index contributed by atoms with van der Waals surface area (Å²) in [6.07, 6.45) is 0. The van der Waals surface area contributed by atoms with E-state index in [0.29, 0.717) is 12.0 Å². The number of hydrogen-bond acceptors (Lipinski definition) is 4. The Morgan fingerprint density at radius 3 is 2.29 bits per heavy atom. The summed E-state index contributed by atoms with van der Waals surface area (Å²) in [5.74, 6) is 0.707. The summed E-state index contributed by atoms with van der Waals surface area (Å²) in [4.78, 5) is 2.40. The summed E-state index contributed by atoms with van der Waals surface area (Å²) in [7, 11) is 3.50. The molecule has 0 saturated heterocycles. The van der Waals surface area contributed by atoms with Gasteiger partial charge in [0.15, 0.2) is 0 Å². The van der Waals surface area contributed by atoms with Crippen LogP contribution in [0.3, 0.4) is 0 Å². The summed E-state index contributed by atoms with van der Waals surface area (Å²) in [6.45, 7) is 12.3. The van der Waals surface area contributed by atoms with Gasteiger partial charge >= 0.3 is 0 Å². The fourth-order valence-electron chi connectivity index (χ4n) is 1.72. The van der Waals surface area contributed by atoms with Gasteiger partial charge in [0.2, 0.25) is 0 Å². The maximum Gasteiger partial charge on any atom is 0.0615 e. The predicted molar refractivity (Wildman–Crippen MR) is 72.5 cm³/mol. The highest BCUT2D eigenvalue weighted by atomic mass is 16.5. The highest BCUT2D eigenvalue weighted by molar-refractivity contribution is 4.68. The average Bonchev–Trinajstić information content (AvgIpc) is 2.28. The molecule has 0 rings (SSSR count). The van der Waals surface area contributed by atoms with E-state index in [2.05, 4.69) is 31.0 Å². The van der Waals surface area contributed by atoms with Crippen LogP contribution in [-0.2, 0) is 9.47 Å². The van der Waals surface area contributed by atoms with Crippen LogP contribution in [0.2, 0.25) is 0 Å².